The number of rotatable bonds is 8. The quantitative estimate of drug-likeness (QED) is 0.723. The zero-order chi connectivity index (χ0) is 15.2. The van der Waals surface area contributed by atoms with Crippen molar-refractivity contribution in [2.45, 2.75) is 25.7 Å². The van der Waals surface area contributed by atoms with Gasteiger partial charge in [0.25, 0.3) is 0 Å². The molecule has 0 radical (unpaired) electrons. The number of benzene rings is 1. The lowest BCUT2D eigenvalue weighted by Crippen LogP contribution is -2.38. The van der Waals surface area contributed by atoms with Crippen LogP contribution in [0.25, 0.3) is 0 Å². The van der Waals surface area contributed by atoms with Gasteiger partial charge in [0.05, 0.1) is 12.6 Å². The van der Waals surface area contributed by atoms with Crippen LogP contribution in [-0.2, 0) is 13.6 Å². The first-order chi connectivity index (χ1) is 9.48. The normalized spacial score (nSPS) is 15.3. The fourth-order valence-corrected chi connectivity index (χ4v) is 3.79. The van der Waals surface area contributed by atoms with Gasteiger partial charge < -0.3 is 14.2 Å². The minimum Gasteiger partial charge on any atom is -0.394 e. The van der Waals surface area contributed by atoms with Gasteiger partial charge in [-0.15, -0.1) is 0 Å². The number of aliphatic hydroxyl groups excluding tert-OH is 1. The molecule has 2 N–H and O–H groups in total. The third-order valence-electron chi connectivity index (χ3n) is 3.24. The van der Waals surface area contributed by atoms with E-state index >= 15 is 0 Å². The Bertz CT molecular complexity index is 430. The summed E-state index contributed by atoms with van der Waals surface area (Å²) in [6.07, 6.45) is 0. The summed E-state index contributed by atoms with van der Waals surface area (Å²) in [7, 11) is -0.511. The van der Waals surface area contributed by atoms with Gasteiger partial charge in [0, 0.05) is 14.2 Å². The predicted octanol–water partition coefficient (Wildman–Crippen LogP) is 2.78. The monoisotopic (exact) mass is 301 g/mol. The highest BCUT2D eigenvalue weighted by molar-refractivity contribution is 7.54. The Labute approximate surface area is 120 Å². The molecule has 20 heavy (non-hydrogen) atoms. The molecule has 2 atom stereocenters. The summed E-state index contributed by atoms with van der Waals surface area (Å²) in [5.74, 6) is -0.464. The molecule has 114 valence electrons. The van der Waals surface area contributed by atoms with Crippen LogP contribution in [0.1, 0.15) is 25.5 Å². The molecule has 0 aliphatic rings. The molecular weight excluding hydrogens is 277 g/mol. The summed E-state index contributed by atoms with van der Waals surface area (Å²) >= 11 is 0. The van der Waals surface area contributed by atoms with Crippen LogP contribution in [0.5, 0.6) is 0 Å². The second-order valence-corrected chi connectivity index (χ2v) is 7.27. The van der Waals surface area contributed by atoms with Crippen molar-refractivity contribution in [3.8, 4) is 0 Å². The van der Waals surface area contributed by atoms with Crippen LogP contribution in [-0.4, -0.2) is 31.7 Å². The summed E-state index contributed by atoms with van der Waals surface area (Å²) in [5, 5.41) is 12.8. The van der Waals surface area contributed by atoms with Crippen LogP contribution in [0.3, 0.4) is 0 Å². The van der Waals surface area contributed by atoms with E-state index in [-0.39, 0.29) is 18.6 Å². The maximum Gasteiger partial charge on any atom is 0.347 e. The first kappa shape index (κ1) is 17.3. The van der Waals surface area contributed by atoms with E-state index in [0.717, 1.165) is 5.56 Å². The fraction of sp³-hybridized carbons (Fsp3) is 0.571. The van der Waals surface area contributed by atoms with Crippen molar-refractivity contribution in [3.05, 3.63) is 35.9 Å². The van der Waals surface area contributed by atoms with E-state index in [0.29, 0.717) is 0 Å². The van der Waals surface area contributed by atoms with Crippen molar-refractivity contribution < 1.29 is 18.7 Å². The maximum absolute atomic E-state index is 12.6. The second-order valence-electron chi connectivity index (χ2n) is 4.91. The first-order valence-electron chi connectivity index (χ1n) is 6.61. The molecule has 0 bridgehead atoms. The van der Waals surface area contributed by atoms with Crippen molar-refractivity contribution in [3.63, 3.8) is 0 Å². The zero-order valence-corrected chi connectivity index (χ0v) is 13.3. The average Bonchev–Trinajstić information content (AvgIpc) is 2.48. The molecule has 0 heterocycles. The van der Waals surface area contributed by atoms with Crippen LogP contribution in [0.15, 0.2) is 30.3 Å². The summed E-state index contributed by atoms with van der Waals surface area (Å²) in [6.45, 7) is 3.77. The van der Waals surface area contributed by atoms with Gasteiger partial charge in [0.1, 0.15) is 5.78 Å². The average molecular weight is 301 g/mol. The topological polar surface area (TPSA) is 67.8 Å². The lowest BCUT2D eigenvalue weighted by molar-refractivity contribution is 0.210. The van der Waals surface area contributed by atoms with Gasteiger partial charge in [0.2, 0.25) is 0 Å². The first-order valence-corrected chi connectivity index (χ1v) is 8.22. The molecule has 0 unspecified atom stereocenters. The SMILES string of the molecule is COP(=O)(OC)[C@@H](N[C@@H](CO)c1ccccc1)C(C)C. The second kappa shape index (κ2) is 7.91. The van der Waals surface area contributed by atoms with Gasteiger partial charge in [-0.1, -0.05) is 44.2 Å². The van der Waals surface area contributed by atoms with Crippen molar-refractivity contribution in [2.75, 3.05) is 20.8 Å². The molecule has 1 aromatic carbocycles. The minimum absolute atomic E-state index is 0.0264. The van der Waals surface area contributed by atoms with E-state index < -0.39 is 13.4 Å². The molecule has 0 aliphatic carbocycles. The molecule has 5 nitrogen and oxygen atoms in total. The van der Waals surface area contributed by atoms with E-state index in [1.54, 1.807) is 0 Å². The Balaban J connectivity index is 2.97. The molecule has 1 aromatic rings. The van der Waals surface area contributed by atoms with Gasteiger partial charge >= 0.3 is 7.60 Å². The molecule has 0 amide bonds. The molecule has 0 saturated carbocycles. The Hall–Kier alpha value is -0.710. The molecule has 1 rings (SSSR count). The van der Waals surface area contributed by atoms with E-state index in [2.05, 4.69) is 5.32 Å². The van der Waals surface area contributed by atoms with E-state index in [1.165, 1.54) is 14.2 Å². The van der Waals surface area contributed by atoms with Crippen molar-refractivity contribution in [1.82, 2.24) is 5.32 Å². The Morgan fingerprint density at radius 1 is 1.20 bits per heavy atom. The molecule has 0 saturated heterocycles. The van der Waals surface area contributed by atoms with Crippen molar-refractivity contribution >= 4 is 7.60 Å². The largest absolute Gasteiger partial charge is 0.394 e. The summed E-state index contributed by atoms with van der Waals surface area (Å²) in [4.78, 5) is 0. The minimum atomic E-state index is -3.26. The third-order valence-corrected chi connectivity index (χ3v) is 5.68. The van der Waals surface area contributed by atoms with E-state index in [1.807, 2.05) is 44.2 Å². The molecule has 0 fully saturated rings. The molecule has 0 aliphatic heterocycles. The van der Waals surface area contributed by atoms with Crippen LogP contribution < -0.4 is 5.32 Å². The van der Waals surface area contributed by atoms with Crippen molar-refractivity contribution in [2.24, 2.45) is 5.92 Å². The van der Waals surface area contributed by atoms with Gasteiger partial charge in [0.15, 0.2) is 0 Å². The number of aliphatic hydroxyl groups is 1. The molecule has 6 heteroatoms. The fourth-order valence-electron chi connectivity index (χ4n) is 2.10. The third kappa shape index (κ3) is 4.14. The molecule has 0 spiro atoms. The van der Waals surface area contributed by atoms with E-state index in [9.17, 15) is 9.67 Å². The Kier molecular flexibility index (Phi) is 6.86. The number of hydrogen-bond acceptors (Lipinski definition) is 5. The van der Waals surface area contributed by atoms with Gasteiger partial charge in [-0.2, -0.15) is 0 Å². The van der Waals surface area contributed by atoms with E-state index in [4.69, 9.17) is 9.05 Å². The smallest absolute Gasteiger partial charge is 0.347 e. The summed E-state index contributed by atoms with van der Waals surface area (Å²) in [6, 6.07) is 9.22. The predicted molar refractivity (Wildman–Crippen MR) is 79.7 cm³/mol. The van der Waals surface area contributed by atoms with Crippen LogP contribution in [0, 0.1) is 5.92 Å². The highest BCUT2D eigenvalue weighted by Gasteiger charge is 2.37. The summed E-state index contributed by atoms with van der Waals surface area (Å²) in [5.41, 5.74) is 0.930. The van der Waals surface area contributed by atoms with Crippen LogP contribution in [0.2, 0.25) is 0 Å². The summed E-state index contributed by atoms with van der Waals surface area (Å²) < 4.78 is 22.7. The lowest BCUT2D eigenvalue weighted by atomic mass is 10.1. The van der Waals surface area contributed by atoms with Crippen LogP contribution in [0.4, 0.5) is 0 Å². The maximum atomic E-state index is 12.6. The Morgan fingerprint density at radius 2 is 1.75 bits per heavy atom. The standard InChI is InChI=1S/C14H24NO4P/c1-11(2)14(20(17,18-3)19-4)15-13(10-16)12-8-6-5-7-9-12/h5-9,11,13-16H,10H2,1-4H3/t13-,14+/m0/s1. The van der Waals surface area contributed by atoms with Crippen molar-refractivity contribution in [1.29, 1.82) is 0 Å². The number of hydrogen-bond donors (Lipinski definition) is 2. The lowest BCUT2D eigenvalue weighted by Gasteiger charge is -2.31. The Morgan fingerprint density at radius 3 is 2.15 bits per heavy atom. The molecular formula is C14H24NO4P. The highest BCUT2D eigenvalue weighted by Crippen LogP contribution is 2.53. The van der Waals surface area contributed by atoms with Gasteiger partial charge in [-0.3, -0.25) is 9.88 Å². The highest BCUT2D eigenvalue weighted by atomic mass is 31.2. The number of nitrogens with one attached hydrogen (secondary N) is 1. The van der Waals surface area contributed by atoms with Gasteiger partial charge in [-0.05, 0) is 11.5 Å². The zero-order valence-electron chi connectivity index (χ0n) is 12.4. The molecule has 0 aromatic heterocycles. The van der Waals surface area contributed by atoms with Crippen LogP contribution >= 0.6 is 7.60 Å². The van der Waals surface area contributed by atoms with Gasteiger partial charge in [-0.25, -0.2) is 0 Å².